The Morgan fingerprint density at radius 3 is 2.83 bits per heavy atom. The van der Waals surface area contributed by atoms with E-state index in [9.17, 15) is 9.59 Å². The van der Waals surface area contributed by atoms with Crippen molar-refractivity contribution in [2.24, 2.45) is 0 Å². The molecule has 96 valence electrons. The first-order valence-electron chi connectivity index (χ1n) is 5.33. The zero-order valence-corrected chi connectivity index (χ0v) is 11.1. The third-order valence-electron chi connectivity index (χ3n) is 2.44. The van der Waals surface area contributed by atoms with E-state index < -0.39 is 10.5 Å². The molecule has 0 saturated carbocycles. The fourth-order valence-electron chi connectivity index (χ4n) is 1.57. The number of oxazole rings is 1. The van der Waals surface area contributed by atoms with Crippen LogP contribution in [0.15, 0.2) is 32.3 Å². The summed E-state index contributed by atoms with van der Waals surface area (Å²) >= 11 is 1.35. The molecule has 2 rings (SSSR count). The highest BCUT2D eigenvalue weighted by Gasteiger charge is 2.30. The van der Waals surface area contributed by atoms with Gasteiger partial charge in [0.25, 0.3) is 0 Å². The van der Waals surface area contributed by atoms with Gasteiger partial charge in [-0.05, 0) is 32.0 Å². The van der Waals surface area contributed by atoms with Crippen molar-refractivity contribution in [2.75, 3.05) is 7.11 Å². The number of methoxy groups -OCH3 is 1. The number of thioether (sulfide) groups is 1. The molecule has 0 saturated heterocycles. The summed E-state index contributed by atoms with van der Waals surface area (Å²) in [6.07, 6.45) is 0. The predicted molar refractivity (Wildman–Crippen MR) is 68.8 cm³/mol. The van der Waals surface area contributed by atoms with Gasteiger partial charge in [-0.1, -0.05) is 0 Å². The Morgan fingerprint density at radius 1 is 1.44 bits per heavy atom. The molecule has 2 aromatic rings. The highest BCUT2D eigenvalue weighted by atomic mass is 32.2. The number of benzene rings is 1. The minimum Gasteiger partial charge on any atom is -0.468 e. The molecule has 1 heterocycles. The molecule has 5 nitrogen and oxygen atoms in total. The van der Waals surface area contributed by atoms with Gasteiger partial charge in [-0.15, -0.1) is 11.8 Å². The molecule has 0 atom stereocenters. The van der Waals surface area contributed by atoms with Crippen LogP contribution in [0.1, 0.15) is 13.8 Å². The Morgan fingerprint density at radius 2 is 2.17 bits per heavy atom. The van der Waals surface area contributed by atoms with Crippen molar-refractivity contribution in [2.45, 2.75) is 23.5 Å². The van der Waals surface area contributed by atoms with Crippen LogP contribution in [-0.2, 0) is 9.53 Å². The summed E-state index contributed by atoms with van der Waals surface area (Å²) in [6.45, 7) is 3.56. The molecular formula is C12H13NO4S. The highest BCUT2D eigenvalue weighted by Crippen LogP contribution is 2.34. The van der Waals surface area contributed by atoms with Crippen LogP contribution in [0.4, 0.5) is 0 Å². The van der Waals surface area contributed by atoms with Crippen molar-refractivity contribution < 1.29 is 13.9 Å². The number of H-pyrrole nitrogens is 1. The van der Waals surface area contributed by atoms with Crippen molar-refractivity contribution in [3.63, 3.8) is 0 Å². The van der Waals surface area contributed by atoms with Crippen molar-refractivity contribution in [1.82, 2.24) is 4.98 Å². The van der Waals surface area contributed by atoms with Gasteiger partial charge in [0, 0.05) is 4.90 Å². The summed E-state index contributed by atoms with van der Waals surface area (Å²) in [7, 11) is 1.36. The first-order valence-corrected chi connectivity index (χ1v) is 6.14. The molecule has 0 fully saturated rings. The van der Waals surface area contributed by atoms with Gasteiger partial charge in [0.05, 0.1) is 12.6 Å². The SMILES string of the molecule is COC(=O)C(C)(C)Sc1ccc2[nH]c(=O)oc2c1. The number of esters is 1. The van der Waals surface area contributed by atoms with Crippen LogP contribution in [0.25, 0.3) is 11.1 Å². The lowest BCUT2D eigenvalue weighted by atomic mass is 10.2. The van der Waals surface area contributed by atoms with Crippen LogP contribution in [0, 0.1) is 0 Å². The maximum absolute atomic E-state index is 11.6. The molecule has 0 amide bonds. The van der Waals surface area contributed by atoms with Gasteiger partial charge in [0.2, 0.25) is 0 Å². The van der Waals surface area contributed by atoms with Gasteiger partial charge in [-0.3, -0.25) is 9.78 Å². The molecule has 6 heteroatoms. The average molecular weight is 267 g/mol. The van der Waals surface area contributed by atoms with Crippen molar-refractivity contribution in [1.29, 1.82) is 0 Å². The molecule has 1 N–H and O–H groups in total. The number of carbonyl (C=O) groups excluding carboxylic acids is 1. The minimum atomic E-state index is -0.695. The summed E-state index contributed by atoms with van der Waals surface area (Å²) in [5.41, 5.74) is 1.12. The number of aromatic nitrogens is 1. The number of nitrogens with one attached hydrogen (secondary N) is 1. The number of rotatable bonds is 3. The number of aromatic amines is 1. The third-order valence-corrected chi connectivity index (χ3v) is 3.61. The van der Waals surface area contributed by atoms with Crippen LogP contribution in [0.3, 0.4) is 0 Å². The van der Waals surface area contributed by atoms with E-state index in [1.807, 2.05) is 6.07 Å². The predicted octanol–water partition coefficient (Wildman–Crippen LogP) is 2.16. The van der Waals surface area contributed by atoms with E-state index in [4.69, 9.17) is 9.15 Å². The van der Waals surface area contributed by atoms with Gasteiger partial charge >= 0.3 is 11.7 Å². The van der Waals surface area contributed by atoms with E-state index in [1.54, 1.807) is 26.0 Å². The normalized spacial score (nSPS) is 11.7. The maximum atomic E-state index is 11.6. The van der Waals surface area contributed by atoms with Crippen molar-refractivity contribution in [3.8, 4) is 0 Å². The zero-order valence-electron chi connectivity index (χ0n) is 10.3. The van der Waals surface area contributed by atoms with Crippen LogP contribution >= 0.6 is 11.8 Å². The molecule has 1 aromatic carbocycles. The smallest absolute Gasteiger partial charge is 0.417 e. The average Bonchev–Trinajstić information content (AvgIpc) is 2.66. The Labute approximate surface area is 108 Å². The molecule has 0 radical (unpaired) electrons. The summed E-state index contributed by atoms with van der Waals surface area (Å²) in [6, 6.07) is 5.29. The maximum Gasteiger partial charge on any atom is 0.417 e. The Hall–Kier alpha value is -1.69. The molecule has 0 bridgehead atoms. The molecule has 0 spiro atoms. The van der Waals surface area contributed by atoms with Gasteiger partial charge in [0.15, 0.2) is 5.58 Å². The second-order valence-corrected chi connectivity index (χ2v) is 5.97. The van der Waals surface area contributed by atoms with Gasteiger partial charge in [-0.25, -0.2) is 4.79 Å². The van der Waals surface area contributed by atoms with Gasteiger partial charge in [0.1, 0.15) is 4.75 Å². The number of hydrogen-bond donors (Lipinski definition) is 1. The molecule has 0 aliphatic heterocycles. The van der Waals surface area contributed by atoms with Crippen LogP contribution in [0.5, 0.6) is 0 Å². The minimum absolute atomic E-state index is 0.303. The second kappa shape index (κ2) is 4.53. The second-order valence-electron chi connectivity index (χ2n) is 4.28. The van der Waals surface area contributed by atoms with E-state index in [0.717, 1.165) is 4.90 Å². The monoisotopic (exact) mass is 267 g/mol. The van der Waals surface area contributed by atoms with Crippen LogP contribution in [-0.4, -0.2) is 22.8 Å². The summed E-state index contributed by atoms with van der Waals surface area (Å²) in [4.78, 5) is 26.0. The summed E-state index contributed by atoms with van der Waals surface area (Å²) < 4.78 is 9.01. The molecule has 0 unspecified atom stereocenters. The number of ether oxygens (including phenoxy) is 1. The summed E-state index contributed by atoms with van der Waals surface area (Å²) in [5, 5.41) is 0. The van der Waals surface area contributed by atoms with Crippen molar-refractivity contribution in [3.05, 3.63) is 28.7 Å². The molecule has 0 aliphatic rings. The van der Waals surface area contributed by atoms with Crippen LogP contribution in [0.2, 0.25) is 0 Å². The lowest BCUT2D eigenvalue weighted by Crippen LogP contribution is -2.28. The Balaban J connectivity index is 2.32. The van der Waals surface area contributed by atoms with E-state index in [1.165, 1.54) is 18.9 Å². The van der Waals surface area contributed by atoms with Gasteiger partial charge < -0.3 is 9.15 Å². The fourth-order valence-corrected chi connectivity index (χ4v) is 2.63. The van der Waals surface area contributed by atoms with Gasteiger partial charge in [-0.2, -0.15) is 0 Å². The number of carbonyl (C=O) groups is 1. The van der Waals surface area contributed by atoms with E-state index in [0.29, 0.717) is 11.1 Å². The third kappa shape index (κ3) is 2.43. The lowest BCUT2D eigenvalue weighted by Gasteiger charge is -2.20. The quantitative estimate of drug-likeness (QED) is 0.681. The first-order chi connectivity index (χ1) is 8.42. The van der Waals surface area contributed by atoms with E-state index >= 15 is 0 Å². The lowest BCUT2D eigenvalue weighted by molar-refractivity contribution is -0.142. The van der Waals surface area contributed by atoms with Crippen molar-refractivity contribution >= 4 is 28.8 Å². The summed E-state index contributed by atoms with van der Waals surface area (Å²) in [5.74, 6) is -0.789. The standard InChI is InChI=1S/C12H13NO4S/c1-12(2,10(14)16-3)18-7-4-5-8-9(6-7)17-11(15)13-8/h4-6H,1-3H3,(H,13,15). The largest absolute Gasteiger partial charge is 0.468 e. The number of hydrogen-bond acceptors (Lipinski definition) is 5. The molecule has 18 heavy (non-hydrogen) atoms. The zero-order chi connectivity index (χ0) is 13.3. The number of fused-ring (bicyclic) bond motifs is 1. The Bertz CT molecular complexity index is 641. The first kappa shape index (κ1) is 12.8. The van der Waals surface area contributed by atoms with E-state index in [2.05, 4.69) is 4.98 Å². The van der Waals surface area contributed by atoms with E-state index in [-0.39, 0.29) is 5.97 Å². The topological polar surface area (TPSA) is 72.3 Å². The highest BCUT2D eigenvalue weighted by molar-refractivity contribution is 8.01. The fraction of sp³-hybridized carbons (Fsp3) is 0.333. The molecule has 0 aliphatic carbocycles. The van der Waals surface area contributed by atoms with Crippen LogP contribution < -0.4 is 5.76 Å². The molecular weight excluding hydrogens is 254 g/mol. The Kier molecular flexibility index (Phi) is 3.21. The molecule has 1 aromatic heterocycles.